The van der Waals surface area contributed by atoms with Gasteiger partial charge in [-0.3, -0.25) is 9.69 Å². The normalized spacial score (nSPS) is 28.9. The fourth-order valence-corrected chi connectivity index (χ4v) is 2.47. The largest absolute Gasteiger partial charge is 0.468 e. The first-order valence-electron chi connectivity index (χ1n) is 5.97. The first kappa shape index (κ1) is 11.8. The molecule has 1 N–H and O–H groups in total. The van der Waals surface area contributed by atoms with Crippen molar-refractivity contribution in [3.8, 4) is 0 Å². The molecule has 2 aliphatic heterocycles. The Bertz CT molecular complexity index is 235. The Morgan fingerprint density at radius 1 is 1.50 bits per heavy atom. The lowest BCUT2D eigenvalue weighted by atomic mass is 10.1. The van der Waals surface area contributed by atoms with E-state index in [4.69, 9.17) is 9.47 Å². The van der Waals surface area contributed by atoms with Gasteiger partial charge in [0.1, 0.15) is 6.04 Å². The number of piperazine rings is 1. The van der Waals surface area contributed by atoms with Crippen molar-refractivity contribution < 1.29 is 14.3 Å². The van der Waals surface area contributed by atoms with Crippen molar-refractivity contribution in [3.05, 3.63) is 0 Å². The molecule has 2 unspecified atom stereocenters. The Labute approximate surface area is 96.1 Å². The van der Waals surface area contributed by atoms with Gasteiger partial charge in [-0.25, -0.2) is 0 Å². The summed E-state index contributed by atoms with van der Waals surface area (Å²) in [6.07, 6.45) is 2.03. The van der Waals surface area contributed by atoms with Gasteiger partial charge in [-0.15, -0.1) is 0 Å². The summed E-state index contributed by atoms with van der Waals surface area (Å²) in [6.45, 7) is 4.41. The van der Waals surface area contributed by atoms with Crippen molar-refractivity contribution in [1.29, 1.82) is 0 Å². The minimum Gasteiger partial charge on any atom is -0.468 e. The molecule has 0 bridgehead atoms. The highest BCUT2D eigenvalue weighted by Crippen LogP contribution is 2.21. The lowest BCUT2D eigenvalue weighted by molar-refractivity contribution is -0.152. The van der Waals surface area contributed by atoms with Gasteiger partial charge < -0.3 is 14.8 Å². The second-order valence-corrected chi connectivity index (χ2v) is 4.31. The summed E-state index contributed by atoms with van der Waals surface area (Å²) >= 11 is 0. The van der Waals surface area contributed by atoms with E-state index in [1.807, 2.05) is 0 Å². The first-order valence-corrected chi connectivity index (χ1v) is 5.97. The average molecular weight is 228 g/mol. The minimum absolute atomic E-state index is 0.0190. The zero-order valence-electron chi connectivity index (χ0n) is 9.78. The third-order valence-electron chi connectivity index (χ3n) is 3.30. The highest BCUT2D eigenvalue weighted by atomic mass is 16.5. The Kier molecular flexibility index (Phi) is 4.15. The Morgan fingerprint density at radius 3 is 2.81 bits per heavy atom. The fraction of sp³-hybridized carbons (Fsp3) is 0.909. The van der Waals surface area contributed by atoms with Crippen LogP contribution in [0.3, 0.4) is 0 Å². The van der Waals surface area contributed by atoms with Crippen LogP contribution in [0.2, 0.25) is 0 Å². The van der Waals surface area contributed by atoms with Crippen LogP contribution < -0.4 is 5.32 Å². The zero-order chi connectivity index (χ0) is 11.4. The van der Waals surface area contributed by atoms with Crippen LogP contribution in [0.15, 0.2) is 0 Å². The van der Waals surface area contributed by atoms with Gasteiger partial charge in [0.05, 0.1) is 13.2 Å². The molecule has 0 saturated carbocycles. The summed E-state index contributed by atoms with van der Waals surface area (Å²) < 4.78 is 10.5. The summed E-state index contributed by atoms with van der Waals surface area (Å²) in [5.74, 6) is -0.159. The molecule has 0 aromatic rings. The zero-order valence-corrected chi connectivity index (χ0v) is 9.78. The van der Waals surface area contributed by atoms with E-state index < -0.39 is 0 Å². The van der Waals surface area contributed by atoms with Crippen LogP contribution in [0, 0.1) is 0 Å². The molecule has 0 spiro atoms. The van der Waals surface area contributed by atoms with Crippen LogP contribution in [0.1, 0.15) is 12.8 Å². The van der Waals surface area contributed by atoms with Gasteiger partial charge in [0.25, 0.3) is 0 Å². The topological polar surface area (TPSA) is 50.8 Å². The molecule has 0 amide bonds. The number of carbonyl (C=O) groups excluding carboxylic acids is 1. The van der Waals surface area contributed by atoms with Crippen LogP contribution in [0.4, 0.5) is 0 Å². The number of methoxy groups -OCH3 is 1. The number of esters is 1. The highest BCUT2D eigenvalue weighted by Gasteiger charge is 2.37. The third-order valence-corrected chi connectivity index (χ3v) is 3.30. The minimum atomic E-state index is -0.213. The quantitative estimate of drug-likeness (QED) is 0.667. The van der Waals surface area contributed by atoms with E-state index in [9.17, 15) is 4.79 Å². The molecule has 2 rings (SSSR count). The predicted octanol–water partition coefficient (Wildman–Crippen LogP) is -0.388. The second-order valence-electron chi connectivity index (χ2n) is 4.31. The Hall–Kier alpha value is -0.650. The van der Waals surface area contributed by atoms with Gasteiger partial charge in [0, 0.05) is 32.8 Å². The number of hydrogen-bond donors (Lipinski definition) is 1. The molecule has 5 heteroatoms. The van der Waals surface area contributed by atoms with E-state index in [-0.39, 0.29) is 18.1 Å². The van der Waals surface area contributed by atoms with Crippen molar-refractivity contribution in [2.45, 2.75) is 25.0 Å². The standard InChI is InChI=1S/C11H20N2O3/c1-15-11(14)10(9-3-2-8-16-9)13-6-4-12-5-7-13/h9-10,12H,2-8H2,1H3. The van der Waals surface area contributed by atoms with E-state index in [1.165, 1.54) is 7.11 Å². The van der Waals surface area contributed by atoms with E-state index in [2.05, 4.69) is 10.2 Å². The van der Waals surface area contributed by atoms with Crippen LogP contribution in [-0.2, 0) is 14.3 Å². The van der Waals surface area contributed by atoms with E-state index >= 15 is 0 Å². The molecule has 0 radical (unpaired) electrons. The fourth-order valence-electron chi connectivity index (χ4n) is 2.47. The molecule has 5 nitrogen and oxygen atoms in total. The van der Waals surface area contributed by atoms with Crippen molar-refractivity contribution in [2.24, 2.45) is 0 Å². The molecular formula is C11H20N2O3. The third kappa shape index (κ3) is 2.53. The van der Waals surface area contributed by atoms with E-state index in [1.54, 1.807) is 0 Å². The van der Waals surface area contributed by atoms with Gasteiger partial charge in [0.15, 0.2) is 0 Å². The van der Waals surface area contributed by atoms with Crippen molar-refractivity contribution in [3.63, 3.8) is 0 Å². The molecule has 2 atom stereocenters. The Morgan fingerprint density at radius 2 is 2.25 bits per heavy atom. The molecule has 0 aromatic heterocycles. The summed E-state index contributed by atoms with van der Waals surface area (Å²) in [7, 11) is 1.45. The lowest BCUT2D eigenvalue weighted by Crippen LogP contribution is -2.55. The van der Waals surface area contributed by atoms with E-state index in [0.29, 0.717) is 0 Å². The van der Waals surface area contributed by atoms with Crippen molar-refractivity contribution in [2.75, 3.05) is 39.9 Å². The number of nitrogens with zero attached hydrogens (tertiary/aromatic N) is 1. The number of carbonyl (C=O) groups is 1. The second kappa shape index (κ2) is 5.61. The van der Waals surface area contributed by atoms with Crippen LogP contribution in [0.25, 0.3) is 0 Å². The van der Waals surface area contributed by atoms with Crippen LogP contribution >= 0.6 is 0 Å². The molecule has 16 heavy (non-hydrogen) atoms. The maximum Gasteiger partial charge on any atom is 0.325 e. The van der Waals surface area contributed by atoms with Crippen LogP contribution in [0.5, 0.6) is 0 Å². The maximum absolute atomic E-state index is 11.8. The first-order chi connectivity index (χ1) is 7.83. The maximum atomic E-state index is 11.8. The van der Waals surface area contributed by atoms with E-state index in [0.717, 1.165) is 45.6 Å². The van der Waals surface area contributed by atoms with Crippen LogP contribution in [-0.4, -0.2) is 62.9 Å². The predicted molar refractivity (Wildman–Crippen MR) is 59.2 cm³/mol. The molecule has 0 aromatic carbocycles. The number of ether oxygens (including phenoxy) is 2. The molecule has 2 aliphatic rings. The summed E-state index contributed by atoms with van der Waals surface area (Å²) in [5.41, 5.74) is 0. The summed E-state index contributed by atoms with van der Waals surface area (Å²) in [5, 5.41) is 3.28. The molecule has 92 valence electrons. The Balaban J connectivity index is 2.03. The number of rotatable bonds is 3. The molecule has 2 fully saturated rings. The SMILES string of the molecule is COC(=O)C(C1CCCO1)N1CCNCC1. The summed E-state index contributed by atoms with van der Waals surface area (Å²) in [4.78, 5) is 14.0. The van der Waals surface area contributed by atoms with Gasteiger partial charge in [-0.05, 0) is 12.8 Å². The van der Waals surface area contributed by atoms with Gasteiger partial charge in [0.2, 0.25) is 0 Å². The highest BCUT2D eigenvalue weighted by molar-refractivity contribution is 5.76. The monoisotopic (exact) mass is 228 g/mol. The summed E-state index contributed by atoms with van der Waals surface area (Å²) in [6, 6.07) is -0.213. The van der Waals surface area contributed by atoms with Crippen molar-refractivity contribution >= 4 is 5.97 Å². The van der Waals surface area contributed by atoms with Gasteiger partial charge >= 0.3 is 5.97 Å². The molecule has 2 heterocycles. The number of nitrogens with one attached hydrogen (secondary N) is 1. The van der Waals surface area contributed by atoms with Gasteiger partial charge in [-0.1, -0.05) is 0 Å². The smallest absolute Gasteiger partial charge is 0.325 e. The lowest BCUT2D eigenvalue weighted by Gasteiger charge is -2.35. The van der Waals surface area contributed by atoms with Crippen molar-refractivity contribution in [1.82, 2.24) is 10.2 Å². The van der Waals surface area contributed by atoms with Gasteiger partial charge in [-0.2, -0.15) is 0 Å². The average Bonchev–Trinajstić information content (AvgIpc) is 2.84. The molecule has 0 aliphatic carbocycles. The molecular weight excluding hydrogens is 208 g/mol. The molecule has 2 saturated heterocycles. The number of hydrogen-bond acceptors (Lipinski definition) is 5.